The third-order valence-corrected chi connectivity index (χ3v) is 2.84. The normalized spacial score (nSPS) is 16.3. The van der Waals surface area contributed by atoms with Gasteiger partial charge in [0.15, 0.2) is 5.78 Å². The quantitative estimate of drug-likeness (QED) is 0.783. The number of nitrogens with zero attached hydrogens (tertiary/aromatic N) is 3. The number of Topliss-reactive ketones (excluding diaryl/α,β-unsaturated/α-hetero) is 1. The van der Waals surface area contributed by atoms with Gasteiger partial charge in [-0.2, -0.15) is 18.4 Å². The van der Waals surface area contributed by atoms with Crippen molar-refractivity contribution in [2.75, 3.05) is 18.0 Å². The average molecular weight is 269 g/mol. The number of pyridine rings is 1. The van der Waals surface area contributed by atoms with E-state index in [0.29, 0.717) is 19.4 Å². The molecular formula is C12H10F3N3O. The Bertz CT molecular complexity index is 548. The number of hydrogen-bond acceptors (Lipinski definition) is 4. The van der Waals surface area contributed by atoms with Crippen LogP contribution in [0.15, 0.2) is 12.1 Å². The second-order valence-electron chi connectivity index (χ2n) is 4.24. The first kappa shape index (κ1) is 13.3. The molecule has 0 atom stereocenters. The fourth-order valence-corrected chi connectivity index (χ4v) is 1.95. The summed E-state index contributed by atoms with van der Waals surface area (Å²) in [5.74, 6) is -0.125. The summed E-state index contributed by atoms with van der Waals surface area (Å²) in [6, 6.07) is 3.66. The standard InChI is InChI=1S/C12H10F3N3O/c13-12(14,15)10-4-3-8(6-16)11(17-10)18-5-1-2-9(19)7-18/h3-4H,1-2,5,7H2. The van der Waals surface area contributed by atoms with E-state index in [1.165, 1.54) is 4.90 Å². The molecule has 1 aliphatic heterocycles. The molecule has 0 N–H and O–H groups in total. The summed E-state index contributed by atoms with van der Waals surface area (Å²) < 4.78 is 37.8. The predicted octanol–water partition coefficient (Wildman–Crippen LogP) is 2.14. The molecule has 0 amide bonds. The van der Waals surface area contributed by atoms with E-state index in [-0.39, 0.29) is 23.7 Å². The molecule has 0 unspecified atom stereocenters. The number of piperidine rings is 1. The number of hydrogen-bond donors (Lipinski definition) is 0. The lowest BCUT2D eigenvalue weighted by Crippen LogP contribution is -2.37. The number of anilines is 1. The van der Waals surface area contributed by atoms with Crippen molar-refractivity contribution in [2.45, 2.75) is 19.0 Å². The van der Waals surface area contributed by atoms with Crippen LogP contribution in [-0.4, -0.2) is 23.9 Å². The first-order valence-corrected chi connectivity index (χ1v) is 5.67. The maximum absolute atomic E-state index is 12.6. The zero-order valence-electron chi connectivity index (χ0n) is 9.87. The number of alkyl halides is 3. The Kier molecular flexibility index (Phi) is 3.42. The van der Waals surface area contributed by atoms with Crippen LogP contribution in [-0.2, 0) is 11.0 Å². The van der Waals surface area contributed by atoms with E-state index in [0.717, 1.165) is 12.1 Å². The Morgan fingerprint density at radius 1 is 1.37 bits per heavy atom. The molecule has 19 heavy (non-hydrogen) atoms. The molecule has 0 aliphatic carbocycles. The summed E-state index contributed by atoms with van der Waals surface area (Å²) >= 11 is 0. The molecule has 0 radical (unpaired) electrons. The fraction of sp³-hybridized carbons (Fsp3) is 0.417. The Labute approximate surface area is 107 Å². The van der Waals surface area contributed by atoms with Gasteiger partial charge in [-0.1, -0.05) is 0 Å². The molecule has 1 fully saturated rings. The van der Waals surface area contributed by atoms with Crippen molar-refractivity contribution in [3.63, 3.8) is 0 Å². The van der Waals surface area contributed by atoms with Gasteiger partial charge < -0.3 is 4.90 Å². The van der Waals surface area contributed by atoms with Crippen LogP contribution in [0.5, 0.6) is 0 Å². The second-order valence-corrected chi connectivity index (χ2v) is 4.24. The van der Waals surface area contributed by atoms with E-state index in [2.05, 4.69) is 4.98 Å². The lowest BCUT2D eigenvalue weighted by molar-refractivity contribution is -0.141. The summed E-state index contributed by atoms with van der Waals surface area (Å²) in [6.07, 6.45) is -3.60. The van der Waals surface area contributed by atoms with Crippen molar-refractivity contribution in [1.82, 2.24) is 4.98 Å². The van der Waals surface area contributed by atoms with Crippen molar-refractivity contribution in [1.29, 1.82) is 5.26 Å². The highest BCUT2D eigenvalue weighted by Gasteiger charge is 2.34. The molecule has 0 aromatic carbocycles. The molecule has 2 heterocycles. The molecule has 2 rings (SSSR count). The monoisotopic (exact) mass is 269 g/mol. The zero-order chi connectivity index (χ0) is 14.0. The fourth-order valence-electron chi connectivity index (χ4n) is 1.95. The molecule has 1 aromatic heterocycles. The summed E-state index contributed by atoms with van der Waals surface area (Å²) in [7, 11) is 0. The van der Waals surface area contributed by atoms with Gasteiger partial charge in [-0.15, -0.1) is 0 Å². The van der Waals surface area contributed by atoms with E-state index in [1.807, 2.05) is 0 Å². The molecule has 100 valence electrons. The molecule has 0 bridgehead atoms. The lowest BCUT2D eigenvalue weighted by atomic mass is 10.1. The maximum atomic E-state index is 12.6. The largest absolute Gasteiger partial charge is 0.433 e. The van der Waals surface area contributed by atoms with Gasteiger partial charge in [0.05, 0.1) is 12.1 Å². The second kappa shape index (κ2) is 4.88. The number of halogens is 3. The van der Waals surface area contributed by atoms with Crippen LogP contribution in [0.1, 0.15) is 24.1 Å². The molecule has 4 nitrogen and oxygen atoms in total. The topological polar surface area (TPSA) is 57.0 Å². The molecule has 0 saturated carbocycles. The van der Waals surface area contributed by atoms with Gasteiger partial charge in [-0.25, -0.2) is 4.98 Å². The zero-order valence-corrected chi connectivity index (χ0v) is 9.87. The molecule has 0 spiro atoms. The Balaban J connectivity index is 2.42. The SMILES string of the molecule is N#Cc1ccc(C(F)(F)F)nc1N1CCCC(=O)C1. The smallest absolute Gasteiger partial charge is 0.348 e. The third kappa shape index (κ3) is 2.84. The molecule has 1 saturated heterocycles. The van der Waals surface area contributed by atoms with Crippen molar-refractivity contribution in [2.24, 2.45) is 0 Å². The number of carbonyl (C=O) groups is 1. The van der Waals surface area contributed by atoms with E-state index in [4.69, 9.17) is 5.26 Å². The predicted molar refractivity (Wildman–Crippen MR) is 60.4 cm³/mol. The van der Waals surface area contributed by atoms with Crippen molar-refractivity contribution in [3.05, 3.63) is 23.4 Å². The first-order chi connectivity index (χ1) is 8.91. The van der Waals surface area contributed by atoms with Crippen LogP contribution in [0.4, 0.5) is 19.0 Å². The van der Waals surface area contributed by atoms with Crippen LogP contribution < -0.4 is 4.90 Å². The van der Waals surface area contributed by atoms with Gasteiger partial charge in [0.2, 0.25) is 0 Å². The first-order valence-electron chi connectivity index (χ1n) is 5.67. The minimum absolute atomic E-state index is 0.00297. The van der Waals surface area contributed by atoms with Crippen molar-refractivity contribution < 1.29 is 18.0 Å². The number of aromatic nitrogens is 1. The maximum Gasteiger partial charge on any atom is 0.433 e. The van der Waals surface area contributed by atoms with Gasteiger partial charge in [0.1, 0.15) is 17.6 Å². The minimum atomic E-state index is -4.57. The number of nitriles is 1. The third-order valence-electron chi connectivity index (χ3n) is 2.84. The van der Waals surface area contributed by atoms with Crippen LogP contribution in [0, 0.1) is 11.3 Å². The van der Waals surface area contributed by atoms with E-state index >= 15 is 0 Å². The van der Waals surface area contributed by atoms with Crippen LogP contribution in [0.25, 0.3) is 0 Å². The summed E-state index contributed by atoms with van der Waals surface area (Å²) in [6.45, 7) is 0.428. The Morgan fingerprint density at radius 3 is 2.68 bits per heavy atom. The van der Waals surface area contributed by atoms with Gasteiger partial charge in [0, 0.05) is 13.0 Å². The molecular weight excluding hydrogens is 259 g/mol. The van der Waals surface area contributed by atoms with Crippen LogP contribution >= 0.6 is 0 Å². The van der Waals surface area contributed by atoms with Crippen molar-refractivity contribution >= 4 is 11.6 Å². The van der Waals surface area contributed by atoms with E-state index < -0.39 is 11.9 Å². The highest BCUT2D eigenvalue weighted by molar-refractivity contribution is 5.84. The van der Waals surface area contributed by atoms with Crippen LogP contribution in [0.2, 0.25) is 0 Å². The summed E-state index contributed by atoms with van der Waals surface area (Å²) in [5.41, 5.74) is -1.01. The molecule has 1 aromatic rings. The van der Waals surface area contributed by atoms with Gasteiger partial charge in [0.25, 0.3) is 0 Å². The molecule has 7 heteroatoms. The summed E-state index contributed by atoms with van der Waals surface area (Å²) in [4.78, 5) is 16.3. The van der Waals surface area contributed by atoms with Crippen molar-refractivity contribution in [3.8, 4) is 6.07 Å². The summed E-state index contributed by atoms with van der Waals surface area (Å²) in [5, 5.41) is 8.93. The lowest BCUT2D eigenvalue weighted by Gasteiger charge is -2.27. The number of ketones is 1. The van der Waals surface area contributed by atoms with E-state index in [9.17, 15) is 18.0 Å². The average Bonchev–Trinajstić information content (AvgIpc) is 2.37. The van der Waals surface area contributed by atoms with Gasteiger partial charge >= 0.3 is 6.18 Å². The van der Waals surface area contributed by atoms with E-state index in [1.54, 1.807) is 6.07 Å². The minimum Gasteiger partial charge on any atom is -0.348 e. The van der Waals surface area contributed by atoms with Gasteiger partial charge in [-0.3, -0.25) is 4.79 Å². The highest BCUT2D eigenvalue weighted by Crippen LogP contribution is 2.30. The highest BCUT2D eigenvalue weighted by atomic mass is 19.4. The number of rotatable bonds is 1. The Morgan fingerprint density at radius 2 is 2.11 bits per heavy atom. The van der Waals surface area contributed by atoms with Crippen LogP contribution in [0.3, 0.4) is 0 Å². The van der Waals surface area contributed by atoms with Gasteiger partial charge in [-0.05, 0) is 18.6 Å². The number of carbonyl (C=O) groups excluding carboxylic acids is 1. The molecule has 1 aliphatic rings. The Hall–Kier alpha value is -2.10.